The van der Waals surface area contributed by atoms with E-state index >= 15 is 0 Å². The van der Waals surface area contributed by atoms with Crippen molar-refractivity contribution in [3.05, 3.63) is 90.3 Å². The molecule has 0 aliphatic carbocycles. The zero-order valence-electron chi connectivity index (χ0n) is 16.5. The maximum Gasteiger partial charge on any atom is 0.272 e. The van der Waals surface area contributed by atoms with Gasteiger partial charge in [-0.3, -0.25) is 10.3 Å². The van der Waals surface area contributed by atoms with Crippen molar-refractivity contribution in [3.8, 4) is 11.5 Å². The number of phenolic OH excluding ortho intramolecular Hbond substituents is 1. The Balaban J connectivity index is 1.77. The number of ether oxygens (including phenoxy) is 1. The van der Waals surface area contributed by atoms with E-state index in [0.717, 1.165) is 28.1 Å². The van der Waals surface area contributed by atoms with Crippen molar-refractivity contribution >= 4 is 16.7 Å². The van der Waals surface area contributed by atoms with E-state index in [-0.39, 0.29) is 17.9 Å². The summed E-state index contributed by atoms with van der Waals surface area (Å²) in [6.07, 6.45) is 3.67. The van der Waals surface area contributed by atoms with Gasteiger partial charge in [-0.05, 0) is 44.2 Å². The molecule has 0 radical (unpaired) electrons. The number of hydrogen-bond donors (Lipinski definition) is 2. The molecule has 1 atom stereocenters. The molecule has 2 aromatic carbocycles. The normalized spacial score (nSPS) is 12.1. The van der Waals surface area contributed by atoms with Gasteiger partial charge in [0, 0.05) is 28.8 Å². The van der Waals surface area contributed by atoms with E-state index < -0.39 is 0 Å². The number of nitrogens with one attached hydrogen (secondary N) is 2. The lowest BCUT2D eigenvalue weighted by Crippen LogP contribution is -2.19. The predicted molar refractivity (Wildman–Crippen MR) is 114 cm³/mol. The Bertz CT molecular complexity index is 1100. The van der Waals surface area contributed by atoms with Crippen LogP contribution in [-0.4, -0.2) is 16.2 Å². The third kappa shape index (κ3) is 4.14. The van der Waals surface area contributed by atoms with E-state index in [2.05, 4.69) is 15.3 Å². The molecule has 4 rings (SSSR count). The standard InChI is InChI=1S/C24H23N3O2/c1-16(2)29-19-11-8-18(9-12-19)22(27-21-7-3-4-14-25-21)20-13-10-17-6-5-15-26-23(17)24(20)28/h3-16,22,28H,1-2H3,(H,25,27)/p+1/t22-/m0/s1. The van der Waals surface area contributed by atoms with Crippen LogP contribution in [0.1, 0.15) is 31.0 Å². The van der Waals surface area contributed by atoms with Crippen molar-refractivity contribution in [2.75, 3.05) is 5.32 Å². The first-order valence-electron chi connectivity index (χ1n) is 9.68. The summed E-state index contributed by atoms with van der Waals surface area (Å²) in [6, 6.07) is 21.2. The number of phenols is 1. The number of aromatic hydroxyl groups is 1. The van der Waals surface area contributed by atoms with Crippen LogP contribution in [0.25, 0.3) is 10.9 Å². The molecule has 29 heavy (non-hydrogen) atoms. The third-order valence-electron chi connectivity index (χ3n) is 4.68. The molecule has 5 nitrogen and oxygen atoms in total. The maximum absolute atomic E-state index is 11.0. The zero-order valence-corrected chi connectivity index (χ0v) is 16.5. The Morgan fingerprint density at radius 1 is 0.966 bits per heavy atom. The summed E-state index contributed by atoms with van der Waals surface area (Å²) in [7, 11) is 0. The second-order valence-corrected chi connectivity index (χ2v) is 7.17. The van der Waals surface area contributed by atoms with Gasteiger partial charge >= 0.3 is 0 Å². The lowest BCUT2D eigenvalue weighted by molar-refractivity contribution is -0.361. The first-order chi connectivity index (χ1) is 14.1. The van der Waals surface area contributed by atoms with Gasteiger partial charge in [-0.15, -0.1) is 0 Å². The number of hydrogen-bond acceptors (Lipinski definition) is 4. The molecule has 0 saturated carbocycles. The van der Waals surface area contributed by atoms with Crippen LogP contribution in [0.15, 0.2) is 79.1 Å². The molecule has 146 valence electrons. The smallest absolute Gasteiger partial charge is 0.272 e. The van der Waals surface area contributed by atoms with Crippen LogP contribution in [0.5, 0.6) is 11.5 Å². The van der Waals surface area contributed by atoms with Crippen LogP contribution in [0.2, 0.25) is 0 Å². The van der Waals surface area contributed by atoms with E-state index in [1.165, 1.54) is 0 Å². The lowest BCUT2D eigenvalue weighted by atomic mass is 9.96. The van der Waals surface area contributed by atoms with Gasteiger partial charge in [0.05, 0.1) is 12.3 Å². The van der Waals surface area contributed by atoms with Gasteiger partial charge in [-0.25, -0.2) is 4.98 Å². The third-order valence-corrected chi connectivity index (χ3v) is 4.68. The fourth-order valence-corrected chi connectivity index (χ4v) is 3.37. The fraction of sp³-hybridized carbons (Fsp3) is 0.167. The van der Waals surface area contributed by atoms with Gasteiger partial charge in [0.15, 0.2) is 0 Å². The van der Waals surface area contributed by atoms with Crippen LogP contribution < -0.4 is 15.0 Å². The summed E-state index contributed by atoms with van der Waals surface area (Å²) in [5, 5.41) is 15.4. The first kappa shape index (κ1) is 18.7. The molecule has 0 amide bonds. The maximum atomic E-state index is 11.0. The minimum absolute atomic E-state index is 0.115. The number of pyridine rings is 2. The van der Waals surface area contributed by atoms with Crippen LogP contribution in [-0.2, 0) is 0 Å². The molecular weight excluding hydrogens is 362 g/mol. The van der Waals surface area contributed by atoms with Crippen molar-refractivity contribution in [3.63, 3.8) is 0 Å². The number of nitrogens with zero attached hydrogens (tertiary/aromatic N) is 1. The average molecular weight is 386 g/mol. The SMILES string of the molecule is CC(C)Oc1ccc([C@H](Nc2cccc[nH+]2)c2ccc3cccnc3c2O)cc1. The molecule has 0 bridgehead atoms. The highest BCUT2D eigenvalue weighted by atomic mass is 16.5. The predicted octanol–water partition coefficient (Wildman–Crippen LogP) is 4.74. The Morgan fingerprint density at radius 2 is 1.79 bits per heavy atom. The highest BCUT2D eigenvalue weighted by molar-refractivity contribution is 5.85. The molecule has 2 aromatic heterocycles. The van der Waals surface area contributed by atoms with E-state index in [1.807, 2.05) is 86.8 Å². The zero-order chi connectivity index (χ0) is 20.2. The molecule has 5 heteroatoms. The summed E-state index contributed by atoms with van der Waals surface area (Å²) in [6.45, 7) is 4.01. The monoisotopic (exact) mass is 386 g/mol. The summed E-state index contributed by atoms with van der Waals surface area (Å²) < 4.78 is 5.77. The van der Waals surface area contributed by atoms with Gasteiger partial charge in [0.1, 0.15) is 23.1 Å². The molecule has 0 saturated heterocycles. The van der Waals surface area contributed by atoms with Crippen molar-refractivity contribution in [1.29, 1.82) is 0 Å². The highest BCUT2D eigenvalue weighted by Gasteiger charge is 2.24. The number of anilines is 1. The van der Waals surface area contributed by atoms with Crippen LogP contribution >= 0.6 is 0 Å². The van der Waals surface area contributed by atoms with Crippen LogP contribution in [0.4, 0.5) is 5.82 Å². The number of H-pyrrole nitrogens is 1. The fourth-order valence-electron chi connectivity index (χ4n) is 3.37. The number of fused-ring (bicyclic) bond motifs is 1. The molecule has 3 N–H and O–H groups in total. The summed E-state index contributed by atoms with van der Waals surface area (Å²) >= 11 is 0. The molecule has 2 heterocycles. The summed E-state index contributed by atoms with van der Waals surface area (Å²) in [5.41, 5.74) is 2.35. The quantitative estimate of drug-likeness (QED) is 0.502. The van der Waals surface area contributed by atoms with Crippen molar-refractivity contribution < 1.29 is 14.8 Å². The van der Waals surface area contributed by atoms with Crippen molar-refractivity contribution in [2.24, 2.45) is 0 Å². The molecule has 0 spiro atoms. The molecular formula is C24H24N3O2+. The average Bonchev–Trinajstić information content (AvgIpc) is 2.74. The highest BCUT2D eigenvalue weighted by Crippen LogP contribution is 2.36. The Morgan fingerprint density at radius 3 is 2.52 bits per heavy atom. The van der Waals surface area contributed by atoms with Gasteiger partial charge in [0.25, 0.3) is 5.82 Å². The number of aromatic amines is 1. The van der Waals surface area contributed by atoms with E-state index in [0.29, 0.717) is 5.52 Å². The number of benzene rings is 2. The van der Waals surface area contributed by atoms with Crippen LogP contribution in [0.3, 0.4) is 0 Å². The molecule has 0 fully saturated rings. The topological polar surface area (TPSA) is 68.5 Å². The molecule has 0 aliphatic rings. The lowest BCUT2D eigenvalue weighted by Gasteiger charge is -2.18. The van der Waals surface area contributed by atoms with E-state index in [4.69, 9.17) is 4.74 Å². The Hall–Kier alpha value is -3.60. The van der Waals surface area contributed by atoms with E-state index in [9.17, 15) is 5.11 Å². The van der Waals surface area contributed by atoms with Gasteiger partial charge < -0.3 is 9.84 Å². The first-order valence-corrected chi connectivity index (χ1v) is 9.68. The number of aromatic nitrogens is 2. The van der Waals surface area contributed by atoms with Crippen molar-refractivity contribution in [1.82, 2.24) is 4.98 Å². The van der Waals surface area contributed by atoms with Gasteiger partial charge in [-0.1, -0.05) is 30.3 Å². The van der Waals surface area contributed by atoms with Crippen molar-refractivity contribution in [2.45, 2.75) is 26.0 Å². The molecule has 0 unspecified atom stereocenters. The molecule has 0 aliphatic heterocycles. The summed E-state index contributed by atoms with van der Waals surface area (Å²) in [5.74, 6) is 1.85. The Labute approximate surface area is 170 Å². The largest absolute Gasteiger partial charge is 0.505 e. The summed E-state index contributed by atoms with van der Waals surface area (Å²) in [4.78, 5) is 7.57. The number of rotatable bonds is 6. The van der Waals surface area contributed by atoms with E-state index in [1.54, 1.807) is 6.20 Å². The molecule has 4 aromatic rings. The minimum Gasteiger partial charge on any atom is -0.505 e. The van der Waals surface area contributed by atoms with Crippen LogP contribution in [0, 0.1) is 0 Å². The second-order valence-electron chi connectivity index (χ2n) is 7.17. The van der Waals surface area contributed by atoms with Gasteiger partial charge in [0.2, 0.25) is 0 Å². The van der Waals surface area contributed by atoms with Gasteiger partial charge in [-0.2, -0.15) is 0 Å². The minimum atomic E-state index is -0.270. The second kappa shape index (κ2) is 8.19. The Kier molecular flexibility index (Phi) is 5.29.